The Labute approximate surface area is 125 Å². The average Bonchev–Trinajstić information content (AvgIpc) is 2.48. The van der Waals surface area contributed by atoms with Gasteiger partial charge in [-0.1, -0.05) is 23.7 Å². The molecule has 0 saturated heterocycles. The molecule has 106 valence electrons. The Morgan fingerprint density at radius 1 is 1.19 bits per heavy atom. The Balaban J connectivity index is 2.07. The van der Waals surface area contributed by atoms with Gasteiger partial charge in [-0.3, -0.25) is 14.9 Å². The van der Waals surface area contributed by atoms with Gasteiger partial charge in [0.15, 0.2) is 0 Å². The lowest BCUT2D eigenvalue weighted by Gasteiger charge is -2.00. The summed E-state index contributed by atoms with van der Waals surface area (Å²) in [5, 5.41) is 15.1. The number of carbonyl (C=O) groups excluding carboxylic acids is 1. The van der Waals surface area contributed by atoms with Crippen molar-refractivity contribution >= 4 is 29.4 Å². The molecular weight excluding hydrogens is 294 g/mol. The van der Waals surface area contributed by atoms with Gasteiger partial charge in [0.2, 0.25) is 0 Å². The fraction of sp³-hybridized carbons (Fsp3) is 0. The van der Waals surface area contributed by atoms with Gasteiger partial charge in [-0.15, -0.1) is 0 Å². The molecule has 0 heterocycles. The number of hydrogen-bond donors (Lipinski definition) is 1. The molecule has 7 heteroatoms. The fourth-order valence-electron chi connectivity index (χ4n) is 1.59. The zero-order valence-electron chi connectivity index (χ0n) is 10.7. The van der Waals surface area contributed by atoms with Crippen LogP contribution in [0, 0.1) is 10.1 Å². The third-order valence-corrected chi connectivity index (χ3v) is 2.86. The molecule has 0 aliphatic carbocycles. The zero-order valence-corrected chi connectivity index (χ0v) is 11.4. The Hall–Kier alpha value is -2.73. The lowest BCUT2D eigenvalue weighted by molar-refractivity contribution is -0.385. The van der Waals surface area contributed by atoms with Gasteiger partial charge >= 0.3 is 0 Å². The Morgan fingerprint density at radius 3 is 2.52 bits per heavy atom. The number of nitrogens with zero attached hydrogens (tertiary/aromatic N) is 2. The molecule has 21 heavy (non-hydrogen) atoms. The van der Waals surface area contributed by atoms with Crippen LogP contribution < -0.4 is 5.43 Å². The maximum atomic E-state index is 11.8. The number of nitro groups is 1. The molecular formula is C14H10ClN3O3. The van der Waals surface area contributed by atoms with E-state index in [4.69, 9.17) is 11.6 Å². The van der Waals surface area contributed by atoms with Gasteiger partial charge < -0.3 is 0 Å². The van der Waals surface area contributed by atoms with Crippen molar-refractivity contribution in [2.24, 2.45) is 5.10 Å². The summed E-state index contributed by atoms with van der Waals surface area (Å²) in [6.45, 7) is 0. The van der Waals surface area contributed by atoms with Crippen LogP contribution in [-0.4, -0.2) is 17.0 Å². The normalized spacial score (nSPS) is 10.5. The van der Waals surface area contributed by atoms with Crippen molar-refractivity contribution in [1.29, 1.82) is 0 Å². The van der Waals surface area contributed by atoms with E-state index in [0.29, 0.717) is 16.1 Å². The van der Waals surface area contributed by atoms with Crippen LogP contribution in [0.15, 0.2) is 53.6 Å². The molecule has 2 aromatic rings. The standard InChI is InChI=1S/C14H10ClN3O3/c15-12-7-5-10(6-8-12)14(19)17-16-9-11-3-1-2-4-13(11)18(20)21/h1-9H,(H,17,19)/b16-9-. The van der Waals surface area contributed by atoms with E-state index in [2.05, 4.69) is 10.5 Å². The largest absolute Gasteiger partial charge is 0.278 e. The molecule has 1 amide bonds. The quantitative estimate of drug-likeness (QED) is 0.535. The minimum absolute atomic E-state index is 0.0815. The predicted octanol–water partition coefficient (Wildman–Crippen LogP) is 3.01. The minimum Gasteiger partial charge on any atom is -0.267 e. The average molecular weight is 304 g/mol. The van der Waals surface area contributed by atoms with Gasteiger partial charge in [0.05, 0.1) is 16.7 Å². The highest BCUT2D eigenvalue weighted by atomic mass is 35.5. The van der Waals surface area contributed by atoms with E-state index in [9.17, 15) is 14.9 Å². The smallest absolute Gasteiger partial charge is 0.267 e. The fourth-order valence-corrected chi connectivity index (χ4v) is 1.72. The molecule has 1 N–H and O–H groups in total. The van der Waals surface area contributed by atoms with E-state index in [0.717, 1.165) is 0 Å². The first-order valence-electron chi connectivity index (χ1n) is 5.90. The van der Waals surface area contributed by atoms with Gasteiger partial charge in [-0.2, -0.15) is 5.10 Å². The number of nitrogens with one attached hydrogen (secondary N) is 1. The molecule has 2 rings (SSSR count). The van der Waals surface area contributed by atoms with E-state index in [1.165, 1.54) is 18.3 Å². The molecule has 0 aliphatic rings. The Morgan fingerprint density at radius 2 is 1.86 bits per heavy atom. The zero-order chi connectivity index (χ0) is 15.2. The van der Waals surface area contributed by atoms with Gasteiger partial charge in [0.1, 0.15) is 0 Å². The molecule has 0 aromatic heterocycles. The van der Waals surface area contributed by atoms with E-state index < -0.39 is 10.8 Å². The van der Waals surface area contributed by atoms with Gasteiger partial charge in [-0.05, 0) is 30.3 Å². The van der Waals surface area contributed by atoms with Crippen LogP contribution in [0.3, 0.4) is 0 Å². The number of rotatable bonds is 4. The van der Waals surface area contributed by atoms with Gasteiger partial charge in [-0.25, -0.2) is 5.43 Å². The Kier molecular flexibility index (Phi) is 4.63. The van der Waals surface area contributed by atoms with Crippen LogP contribution in [0.1, 0.15) is 15.9 Å². The third-order valence-electron chi connectivity index (χ3n) is 2.61. The lowest BCUT2D eigenvalue weighted by Crippen LogP contribution is -2.17. The minimum atomic E-state index is -0.512. The number of carbonyl (C=O) groups is 1. The SMILES string of the molecule is O=C(N/N=C\c1ccccc1[N+](=O)[O-])c1ccc(Cl)cc1. The lowest BCUT2D eigenvalue weighted by atomic mass is 10.2. The van der Waals surface area contributed by atoms with Gasteiger partial charge in [0, 0.05) is 16.7 Å². The molecule has 6 nitrogen and oxygen atoms in total. The maximum Gasteiger partial charge on any atom is 0.278 e. The third kappa shape index (κ3) is 3.87. The van der Waals surface area contributed by atoms with Crippen molar-refractivity contribution in [3.63, 3.8) is 0 Å². The van der Waals surface area contributed by atoms with Crippen molar-refractivity contribution in [2.75, 3.05) is 0 Å². The van der Waals surface area contributed by atoms with E-state index in [1.807, 2.05) is 0 Å². The summed E-state index contributed by atoms with van der Waals surface area (Å²) in [5.74, 6) is -0.429. The second-order valence-corrected chi connectivity index (χ2v) is 4.46. The predicted molar refractivity (Wildman–Crippen MR) is 79.6 cm³/mol. The number of para-hydroxylation sites is 1. The van der Waals surface area contributed by atoms with Crippen LogP contribution in [0.5, 0.6) is 0 Å². The number of halogens is 1. The van der Waals surface area contributed by atoms with Crippen LogP contribution in [-0.2, 0) is 0 Å². The summed E-state index contributed by atoms with van der Waals surface area (Å²) in [6.07, 6.45) is 1.23. The summed E-state index contributed by atoms with van der Waals surface area (Å²) in [6, 6.07) is 12.4. The van der Waals surface area contributed by atoms with E-state index in [1.54, 1.807) is 36.4 Å². The summed E-state index contributed by atoms with van der Waals surface area (Å²) in [4.78, 5) is 22.1. The molecule has 0 spiro atoms. The summed E-state index contributed by atoms with van der Waals surface area (Å²) in [7, 11) is 0. The van der Waals surface area contributed by atoms with Crippen LogP contribution in [0.2, 0.25) is 5.02 Å². The molecule has 2 aromatic carbocycles. The van der Waals surface area contributed by atoms with Crippen molar-refractivity contribution in [2.45, 2.75) is 0 Å². The molecule has 0 aliphatic heterocycles. The molecule has 0 fully saturated rings. The van der Waals surface area contributed by atoms with Crippen molar-refractivity contribution in [3.8, 4) is 0 Å². The first-order chi connectivity index (χ1) is 10.1. The van der Waals surface area contributed by atoms with Crippen molar-refractivity contribution < 1.29 is 9.72 Å². The number of nitro benzene ring substituents is 1. The number of benzene rings is 2. The number of hydrazone groups is 1. The Bertz CT molecular complexity index is 699. The van der Waals surface area contributed by atoms with Crippen LogP contribution >= 0.6 is 11.6 Å². The first-order valence-corrected chi connectivity index (χ1v) is 6.28. The molecule has 0 unspecified atom stereocenters. The van der Waals surface area contributed by atoms with Crippen LogP contribution in [0.4, 0.5) is 5.69 Å². The number of hydrogen-bond acceptors (Lipinski definition) is 4. The highest BCUT2D eigenvalue weighted by Crippen LogP contribution is 2.15. The maximum absolute atomic E-state index is 11.8. The second kappa shape index (κ2) is 6.62. The topological polar surface area (TPSA) is 84.6 Å². The molecule has 0 saturated carbocycles. The first kappa shape index (κ1) is 14.7. The number of amides is 1. The highest BCUT2D eigenvalue weighted by molar-refractivity contribution is 6.30. The molecule has 0 radical (unpaired) electrons. The summed E-state index contributed by atoms with van der Waals surface area (Å²) < 4.78 is 0. The highest BCUT2D eigenvalue weighted by Gasteiger charge is 2.10. The second-order valence-electron chi connectivity index (χ2n) is 4.02. The molecule has 0 bridgehead atoms. The summed E-state index contributed by atoms with van der Waals surface area (Å²) >= 11 is 5.72. The van der Waals surface area contributed by atoms with E-state index in [-0.39, 0.29) is 5.69 Å². The monoisotopic (exact) mass is 303 g/mol. The van der Waals surface area contributed by atoms with E-state index >= 15 is 0 Å². The van der Waals surface area contributed by atoms with Crippen LogP contribution in [0.25, 0.3) is 0 Å². The van der Waals surface area contributed by atoms with Gasteiger partial charge in [0.25, 0.3) is 11.6 Å². The molecule has 0 atom stereocenters. The summed E-state index contributed by atoms with van der Waals surface area (Å²) in [5.41, 5.74) is 2.91. The van der Waals surface area contributed by atoms with Crippen molar-refractivity contribution in [1.82, 2.24) is 5.43 Å². The van der Waals surface area contributed by atoms with Crippen molar-refractivity contribution in [3.05, 3.63) is 74.8 Å².